The molecule has 2 rings (SSSR count). The fraction of sp³-hybridized carbons (Fsp3) is 0.312. The minimum Gasteiger partial charge on any atom is -0.480 e. The van der Waals surface area contributed by atoms with Gasteiger partial charge in [-0.3, -0.25) is 19.8 Å². The fourth-order valence-electron chi connectivity index (χ4n) is 2.39. The quantitative estimate of drug-likeness (QED) is 0.335. The molecule has 1 aromatic rings. The summed E-state index contributed by atoms with van der Waals surface area (Å²) in [7, 11) is 0. The summed E-state index contributed by atoms with van der Waals surface area (Å²) in [4.78, 5) is 35.8. The highest BCUT2D eigenvalue weighted by atomic mass is 32.2. The van der Waals surface area contributed by atoms with Crippen molar-refractivity contribution in [3.05, 3.63) is 44.8 Å². The lowest BCUT2D eigenvalue weighted by molar-refractivity contribution is -0.384. The van der Waals surface area contributed by atoms with Gasteiger partial charge < -0.3 is 5.11 Å². The largest absolute Gasteiger partial charge is 0.480 e. The number of thiocarbonyl (C=S) groups is 1. The molecule has 1 atom stereocenters. The molecule has 7 nitrogen and oxygen atoms in total. The predicted molar refractivity (Wildman–Crippen MR) is 99.1 cm³/mol. The van der Waals surface area contributed by atoms with Crippen LogP contribution in [0.15, 0.2) is 29.2 Å². The summed E-state index contributed by atoms with van der Waals surface area (Å²) in [5.74, 6) is -1.58. The normalized spacial score (nSPS) is 17.2. The second kappa shape index (κ2) is 8.21. The topological polar surface area (TPSA) is 101 Å². The summed E-state index contributed by atoms with van der Waals surface area (Å²) >= 11 is 6.19. The van der Waals surface area contributed by atoms with E-state index in [9.17, 15) is 24.8 Å². The van der Waals surface area contributed by atoms with Crippen molar-refractivity contribution in [2.45, 2.75) is 32.2 Å². The van der Waals surface area contributed by atoms with Crippen molar-refractivity contribution < 1.29 is 19.6 Å². The van der Waals surface area contributed by atoms with Crippen molar-refractivity contribution in [3.63, 3.8) is 0 Å². The lowest BCUT2D eigenvalue weighted by Gasteiger charge is -2.22. The van der Waals surface area contributed by atoms with E-state index in [1.807, 2.05) is 6.92 Å². The first kappa shape index (κ1) is 19.1. The van der Waals surface area contributed by atoms with Gasteiger partial charge in [0.1, 0.15) is 10.4 Å². The molecule has 1 amide bonds. The number of hydrogen-bond donors (Lipinski definition) is 1. The van der Waals surface area contributed by atoms with Gasteiger partial charge in [-0.15, -0.1) is 0 Å². The van der Waals surface area contributed by atoms with Crippen LogP contribution in [0.5, 0.6) is 0 Å². The van der Waals surface area contributed by atoms with Crippen LogP contribution in [0.1, 0.15) is 31.7 Å². The number of carboxylic acid groups (broad SMARTS) is 1. The molecule has 1 fully saturated rings. The number of carbonyl (C=O) groups is 2. The van der Waals surface area contributed by atoms with E-state index >= 15 is 0 Å². The maximum Gasteiger partial charge on any atom is 0.326 e. The SMILES string of the molecule is CCCCC(C(=O)O)N1C(=O)/C(=C/c2cccc([N+](=O)[O-])c2)SC1=S. The Morgan fingerprint density at radius 2 is 2.24 bits per heavy atom. The Labute approximate surface area is 153 Å². The first-order valence-corrected chi connectivity index (χ1v) is 8.82. The number of non-ortho nitro benzene ring substituents is 1. The first-order chi connectivity index (χ1) is 11.8. The van der Waals surface area contributed by atoms with Gasteiger partial charge >= 0.3 is 5.97 Å². The molecule has 1 aromatic carbocycles. The average molecular weight is 380 g/mol. The maximum absolute atomic E-state index is 12.6. The van der Waals surface area contributed by atoms with Crippen molar-refractivity contribution in [1.82, 2.24) is 4.90 Å². The van der Waals surface area contributed by atoms with Gasteiger partial charge in [-0.2, -0.15) is 0 Å². The monoisotopic (exact) mass is 380 g/mol. The number of benzene rings is 1. The highest BCUT2D eigenvalue weighted by Gasteiger charge is 2.40. The molecule has 1 unspecified atom stereocenters. The number of hydrogen-bond acceptors (Lipinski definition) is 6. The van der Waals surface area contributed by atoms with Crippen molar-refractivity contribution in [1.29, 1.82) is 0 Å². The summed E-state index contributed by atoms with van der Waals surface area (Å²) < 4.78 is 0.185. The second-order valence-corrected chi connectivity index (χ2v) is 7.08. The van der Waals surface area contributed by atoms with Crippen LogP contribution in [-0.2, 0) is 9.59 Å². The molecule has 0 radical (unpaired) electrons. The Bertz CT molecular complexity index is 763. The highest BCUT2D eigenvalue weighted by molar-refractivity contribution is 8.26. The van der Waals surface area contributed by atoms with E-state index < -0.39 is 22.8 Å². The van der Waals surface area contributed by atoms with Crippen molar-refractivity contribution in [2.75, 3.05) is 0 Å². The molecule has 1 saturated heterocycles. The van der Waals surface area contributed by atoms with Crippen LogP contribution in [0.25, 0.3) is 6.08 Å². The van der Waals surface area contributed by atoms with Crippen molar-refractivity contribution in [2.24, 2.45) is 0 Å². The van der Waals surface area contributed by atoms with Crippen LogP contribution in [0.2, 0.25) is 0 Å². The summed E-state index contributed by atoms with van der Waals surface area (Å²) in [5, 5.41) is 20.3. The molecule has 0 aliphatic carbocycles. The number of rotatable bonds is 7. The van der Waals surface area contributed by atoms with Crippen LogP contribution >= 0.6 is 24.0 Å². The van der Waals surface area contributed by atoms with E-state index in [1.54, 1.807) is 6.07 Å². The van der Waals surface area contributed by atoms with E-state index in [0.717, 1.165) is 23.1 Å². The zero-order chi connectivity index (χ0) is 18.6. The maximum atomic E-state index is 12.6. The zero-order valence-corrected chi connectivity index (χ0v) is 15.0. The lowest BCUT2D eigenvalue weighted by Crippen LogP contribution is -2.43. The minimum atomic E-state index is -1.10. The molecule has 1 N–H and O–H groups in total. The van der Waals surface area contributed by atoms with Crippen LogP contribution in [-0.4, -0.2) is 37.2 Å². The van der Waals surface area contributed by atoms with E-state index in [4.69, 9.17) is 12.2 Å². The van der Waals surface area contributed by atoms with Crippen LogP contribution in [0.3, 0.4) is 0 Å². The molecule has 1 aliphatic heterocycles. The molecule has 1 heterocycles. The number of nitrogens with zero attached hydrogens (tertiary/aromatic N) is 2. The molecule has 25 heavy (non-hydrogen) atoms. The van der Waals surface area contributed by atoms with Crippen LogP contribution < -0.4 is 0 Å². The second-order valence-electron chi connectivity index (χ2n) is 5.40. The Kier molecular flexibility index (Phi) is 6.27. The molecule has 1 aliphatic rings. The molecular formula is C16H16N2O5S2. The Balaban J connectivity index is 2.29. The van der Waals surface area contributed by atoms with E-state index in [1.165, 1.54) is 24.3 Å². The third kappa shape index (κ3) is 4.43. The molecule has 0 bridgehead atoms. The van der Waals surface area contributed by atoms with Gasteiger partial charge in [-0.1, -0.05) is 55.9 Å². The number of nitro groups is 1. The number of unbranched alkanes of at least 4 members (excludes halogenated alkanes) is 1. The molecule has 0 aromatic heterocycles. The van der Waals surface area contributed by atoms with Gasteiger partial charge in [0.2, 0.25) is 0 Å². The van der Waals surface area contributed by atoms with E-state index in [2.05, 4.69) is 0 Å². The van der Waals surface area contributed by atoms with Gasteiger partial charge in [-0.25, -0.2) is 4.79 Å². The first-order valence-electron chi connectivity index (χ1n) is 7.59. The summed E-state index contributed by atoms with van der Waals surface area (Å²) in [6.07, 6.45) is 3.29. The third-order valence-electron chi connectivity index (χ3n) is 3.63. The van der Waals surface area contributed by atoms with Crippen LogP contribution in [0.4, 0.5) is 5.69 Å². The number of aliphatic carboxylic acids is 1. The predicted octanol–water partition coefficient (Wildman–Crippen LogP) is 3.44. The number of amides is 1. The Morgan fingerprint density at radius 1 is 1.52 bits per heavy atom. The minimum absolute atomic E-state index is 0.0874. The lowest BCUT2D eigenvalue weighted by atomic mass is 10.1. The fourth-order valence-corrected chi connectivity index (χ4v) is 3.75. The standard InChI is InChI=1S/C16H16N2O5S2/c1-2-3-7-12(15(20)21)17-14(19)13(25-16(17)24)9-10-5-4-6-11(8-10)18(22)23/h4-6,8-9,12H,2-3,7H2,1H3,(H,20,21)/b13-9-. The van der Waals surface area contributed by atoms with Gasteiger partial charge in [-0.05, 0) is 18.1 Å². The average Bonchev–Trinajstić information content (AvgIpc) is 2.83. The molecular weight excluding hydrogens is 364 g/mol. The molecule has 9 heteroatoms. The summed E-state index contributed by atoms with van der Waals surface area (Å²) in [6, 6.07) is 4.85. The van der Waals surface area contributed by atoms with Gasteiger partial charge in [0, 0.05) is 12.1 Å². The summed E-state index contributed by atoms with van der Waals surface area (Å²) in [6.45, 7) is 1.94. The molecule has 0 spiro atoms. The number of carbonyl (C=O) groups excluding carboxylic acids is 1. The third-order valence-corrected chi connectivity index (χ3v) is 4.96. The Morgan fingerprint density at radius 3 is 2.84 bits per heavy atom. The van der Waals surface area contributed by atoms with Gasteiger partial charge in [0.05, 0.1) is 9.83 Å². The molecule has 132 valence electrons. The molecule has 0 saturated carbocycles. The number of nitro benzene ring substituents is 1. The van der Waals surface area contributed by atoms with Crippen LogP contribution in [0, 0.1) is 10.1 Å². The van der Waals surface area contributed by atoms with Crippen molar-refractivity contribution in [3.8, 4) is 0 Å². The van der Waals surface area contributed by atoms with E-state index in [0.29, 0.717) is 18.4 Å². The Hall–Kier alpha value is -2.26. The van der Waals surface area contributed by atoms with Crippen molar-refractivity contribution >= 4 is 51.9 Å². The highest BCUT2D eigenvalue weighted by Crippen LogP contribution is 2.35. The zero-order valence-electron chi connectivity index (χ0n) is 13.4. The smallest absolute Gasteiger partial charge is 0.326 e. The summed E-state index contributed by atoms with van der Waals surface area (Å²) in [5.41, 5.74) is 0.394. The van der Waals surface area contributed by atoms with Gasteiger partial charge in [0.25, 0.3) is 11.6 Å². The van der Waals surface area contributed by atoms with E-state index in [-0.39, 0.29) is 14.9 Å². The number of thioether (sulfide) groups is 1. The van der Waals surface area contributed by atoms with Gasteiger partial charge in [0.15, 0.2) is 0 Å². The number of carboxylic acids is 1.